The maximum Gasteiger partial charge on any atom is 0.411 e. The Morgan fingerprint density at radius 3 is 2.78 bits per heavy atom. The molecule has 4 rings (SSSR count). The first-order valence-corrected chi connectivity index (χ1v) is 12.0. The number of rotatable bonds is 10. The summed E-state index contributed by atoms with van der Waals surface area (Å²) in [6.45, 7) is 6.34. The van der Waals surface area contributed by atoms with Crippen LogP contribution in [0.2, 0.25) is 0 Å². The number of allylic oxidation sites excluding steroid dienone is 1. The zero-order valence-corrected chi connectivity index (χ0v) is 20.2. The number of amides is 1. The molecule has 0 aliphatic rings. The highest BCUT2D eigenvalue weighted by Crippen LogP contribution is 2.28. The van der Waals surface area contributed by atoms with Crippen molar-refractivity contribution in [2.45, 2.75) is 31.0 Å². The molecule has 0 aliphatic heterocycles. The van der Waals surface area contributed by atoms with E-state index in [0.717, 1.165) is 10.9 Å². The lowest BCUT2D eigenvalue weighted by atomic mass is 10.1. The molecular weight excluding hydrogens is 487 g/mol. The molecule has 2 heterocycles. The Kier molecular flexibility index (Phi) is 8.01. The SMILES string of the molecule is C=CCn1c(COc2ccc(F)cc2)nnc1SCc1cc(=O)oc2cc(NC(=O)OCC)ccc12. The Labute approximate surface area is 209 Å². The van der Waals surface area contributed by atoms with Crippen molar-refractivity contribution in [3.05, 3.63) is 88.8 Å². The minimum absolute atomic E-state index is 0.140. The normalized spacial score (nSPS) is 10.8. The van der Waals surface area contributed by atoms with Crippen LogP contribution in [-0.4, -0.2) is 27.5 Å². The molecule has 0 radical (unpaired) electrons. The predicted molar refractivity (Wildman–Crippen MR) is 134 cm³/mol. The topological polar surface area (TPSA) is 108 Å². The van der Waals surface area contributed by atoms with Crippen LogP contribution in [0, 0.1) is 5.82 Å². The van der Waals surface area contributed by atoms with Gasteiger partial charge in [0.15, 0.2) is 11.0 Å². The second-order valence-electron chi connectivity index (χ2n) is 7.48. The van der Waals surface area contributed by atoms with Gasteiger partial charge in [-0.2, -0.15) is 0 Å². The average molecular weight is 511 g/mol. The third-order valence-electron chi connectivity index (χ3n) is 5.00. The van der Waals surface area contributed by atoms with Crippen molar-refractivity contribution in [2.75, 3.05) is 11.9 Å². The zero-order chi connectivity index (χ0) is 25.5. The van der Waals surface area contributed by atoms with Crippen molar-refractivity contribution in [2.24, 2.45) is 0 Å². The van der Waals surface area contributed by atoms with Crippen molar-refractivity contribution in [3.63, 3.8) is 0 Å². The maximum atomic E-state index is 13.1. The maximum absolute atomic E-state index is 13.1. The summed E-state index contributed by atoms with van der Waals surface area (Å²) in [6, 6.07) is 12.2. The Balaban J connectivity index is 1.51. The summed E-state index contributed by atoms with van der Waals surface area (Å²) in [5, 5.41) is 12.4. The highest BCUT2D eigenvalue weighted by molar-refractivity contribution is 7.98. The van der Waals surface area contributed by atoms with Gasteiger partial charge in [0.25, 0.3) is 0 Å². The van der Waals surface area contributed by atoms with Crippen molar-refractivity contribution >= 4 is 34.5 Å². The quantitative estimate of drug-likeness (QED) is 0.177. The molecule has 0 saturated heterocycles. The standard InChI is InChI=1S/C25H23FN4O5S/c1-3-11-30-22(14-34-19-8-5-17(26)6-9-19)28-29-24(30)36-15-16-12-23(31)35-21-13-18(7-10-20(16)21)27-25(32)33-4-2/h3,5-10,12-13H,1,4,11,14-15H2,2H3,(H,27,32). The van der Waals surface area contributed by atoms with E-state index >= 15 is 0 Å². The lowest BCUT2D eigenvalue weighted by molar-refractivity contribution is 0.168. The minimum Gasteiger partial charge on any atom is -0.486 e. The third-order valence-corrected chi connectivity index (χ3v) is 6.01. The van der Waals surface area contributed by atoms with Crippen LogP contribution in [0.4, 0.5) is 14.9 Å². The molecule has 0 aliphatic carbocycles. The van der Waals surface area contributed by atoms with Crippen LogP contribution in [0.3, 0.4) is 0 Å². The lowest BCUT2D eigenvalue weighted by Crippen LogP contribution is -2.13. The summed E-state index contributed by atoms with van der Waals surface area (Å²) >= 11 is 1.40. The number of carbonyl (C=O) groups is 1. The fourth-order valence-corrected chi connectivity index (χ4v) is 4.34. The van der Waals surface area contributed by atoms with E-state index in [4.69, 9.17) is 13.9 Å². The largest absolute Gasteiger partial charge is 0.486 e. The van der Waals surface area contributed by atoms with Gasteiger partial charge in [-0.15, -0.1) is 16.8 Å². The van der Waals surface area contributed by atoms with Gasteiger partial charge in [0.05, 0.1) is 6.61 Å². The van der Waals surface area contributed by atoms with E-state index in [-0.39, 0.29) is 19.0 Å². The molecule has 11 heteroatoms. The number of carbonyl (C=O) groups excluding carboxylic acids is 1. The van der Waals surface area contributed by atoms with Gasteiger partial charge in [-0.1, -0.05) is 17.8 Å². The summed E-state index contributed by atoms with van der Waals surface area (Å²) in [4.78, 5) is 23.9. The van der Waals surface area contributed by atoms with E-state index in [1.54, 1.807) is 43.3 Å². The fraction of sp³-hybridized carbons (Fsp3) is 0.200. The van der Waals surface area contributed by atoms with Crippen LogP contribution in [0.25, 0.3) is 11.0 Å². The molecule has 36 heavy (non-hydrogen) atoms. The van der Waals surface area contributed by atoms with Crippen molar-refractivity contribution < 1.29 is 23.1 Å². The molecule has 0 atom stereocenters. The highest BCUT2D eigenvalue weighted by Gasteiger charge is 2.15. The molecule has 1 N–H and O–H groups in total. The Morgan fingerprint density at radius 1 is 1.22 bits per heavy atom. The second kappa shape index (κ2) is 11.5. The number of anilines is 1. The van der Waals surface area contributed by atoms with E-state index in [9.17, 15) is 14.0 Å². The molecule has 1 amide bonds. The Bertz CT molecular complexity index is 1430. The molecule has 2 aromatic heterocycles. The van der Waals surface area contributed by atoms with E-state index < -0.39 is 11.7 Å². The number of nitrogens with one attached hydrogen (secondary N) is 1. The van der Waals surface area contributed by atoms with Crippen molar-refractivity contribution in [1.82, 2.24) is 14.8 Å². The minimum atomic E-state index is -0.591. The average Bonchev–Trinajstić information content (AvgIpc) is 3.23. The number of benzene rings is 2. The monoisotopic (exact) mass is 510 g/mol. The first kappa shape index (κ1) is 25.0. The molecule has 0 saturated carbocycles. The Hall–Kier alpha value is -4.12. The van der Waals surface area contributed by atoms with Crippen molar-refractivity contribution in [3.8, 4) is 5.75 Å². The van der Waals surface area contributed by atoms with Gasteiger partial charge in [0, 0.05) is 35.5 Å². The van der Waals surface area contributed by atoms with Crippen LogP contribution in [-0.2, 0) is 23.6 Å². The second-order valence-corrected chi connectivity index (χ2v) is 8.42. The third kappa shape index (κ3) is 6.11. The summed E-state index contributed by atoms with van der Waals surface area (Å²) < 4.78 is 30.9. The van der Waals surface area contributed by atoms with Crippen molar-refractivity contribution in [1.29, 1.82) is 0 Å². The molecule has 186 valence electrons. The molecule has 9 nitrogen and oxygen atoms in total. The molecule has 0 unspecified atom stereocenters. The van der Waals surface area contributed by atoms with Gasteiger partial charge in [0.2, 0.25) is 0 Å². The van der Waals surface area contributed by atoms with E-state index in [1.165, 1.54) is 30.0 Å². The number of ether oxygens (including phenoxy) is 2. The summed E-state index contributed by atoms with van der Waals surface area (Å²) in [6.07, 6.45) is 1.13. The van der Waals surface area contributed by atoms with E-state index in [2.05, 4.69) is 22.1 Å². The van der Waals surface area contributed by atoms with Crippen LogP contribution < -0.4 is 15.7 Å². The van der Waals surface area contributed by atoms with Crippen LogP contribution in [0.5, 0.6) is 5.75 Å². The van der Waals surface area contributed by atoms with Gasteiger partial charge in [-0.05, 0) is 48.9 Å². The number of hydrogen-bond donors (Lipinski definition) is 1. The number of halogens is 1. The molecular formula is C25H23FN4O5S. The summed E-state index contributed by atoms with van der Waals surface area (Å²) in [7, 11) is 0. The molecule has 0 spiro atoms. The molecule has 4 aromatic rings. The van der Waals surface area contributed by atoms with Gasteiger partial charge < -0.3 is 13.9 Å². The Morgan fingerprint density at radius 2 is 2.03 bits per heavy atom. The van der Waals surface area contributed by atoms with Crippen LogP contribution in [0.15, 0.2) is 75.6 Å². The van der Waals surface area contributed by atoms with Gasteiger partial charge in [0.1, 0.15) is 23.8 Å². The van der Waals surface area contributed by atoms with E-state index in [1.807, 2.05) is 4.57 Å². The van der Waals surface area contributed by atoms with Gasteiger partial charge >= 0.3 is 11.7 Å². The number of fused-ring (bicyclic) bond motifs is 1. The first-order valence-electron chi connectivity index (χ1n) is 11.0. The molecule has 0 bridgehead atoms. The van der Waals surface area contributed by atoms with Crippen LogP contribution >= 0.6 is 11.8 Å². The van der Waals surface area contributed by atoms with Gasteiger partial charge in [-0.3, -0.25) is 9.88 Å². The fourth-order valence-electron chi connectivity index (χ4n) is 3.38. The highest BCUT2D eigenvalue weighted by atomic mass is 32.2. The smallest absolute Gasteiger partial charge is 0.411 e. The number of hydrogen-bond acceptors (Lipinski definition) is 8. The van der Waals surface area contributed by atoms with Gasteiger partial charge in [-0.25, -0.2) is 14.0 Å². The summed E-state index contributed by atoms with van der Waals surface area (Å²) in [5.41, 5.74) is 1.03. The number of aromatic nitrogens is 3. The predicted octanol–water partition coefficient (Wildman–Crippen LogP) is 5.15. The zero-order valence-electron chi connectivity index (χ0n) is 19.4. The van der Waals surface area contributed by atoms with Crippen LogP contribution in [0.1, 0.15) is 18.3 Å². The molecule has 2 aromatic carbocycles. The summed E-state index contributed by atoms with van der Waals surface area (Å²) in [5.74, 6) is 1.16. The number of thioether (sulfide) groups is 1. The molecule has 0 fully saturated rings. The first-order chi connectivity index (χ1) is 17.5. The lowest BCUT2D eigenvalue weighted by Gasteiger charge is -2.10. The number of nitrogens with zero attached hydrogens (tertiary/aromatic N) is 3. The van der Waals surface area contributed by atoms with E-state index in [0.29, 0.717) is 40.3 Å².